The number of ketones is 1. The Hall–Kier alpha value is -5.99. The molecule has 2 aliphatic rings. The fourth-order valence-corrected chi connectivity index (χ4v) is 8.65. The van der Waals surface area contributed by atoms with E-state index in [-0.39, 0.29) is 66.2 Å². The van der Waals surface area contributed by atoms with Crippen LogP contribution >= 0.6 is 0 Å². The molecule has 6 rings (SSSR count). The zero-order valence-corrected chi connectivity index (χ0v) is 37.5. The van der Waals surface area contributed by atoms with Gasteiger partial charge in [0.05, 0.1) is 24.2 Å². The van der Waals surface area contributed by atoms with Crippen LogP contribution in [0.3, 0.4) is 0 Å². The van der Waals surface area contributed by atoms with E-state index in [9.17, 15) is 50.3 Å². The lowest BCUT2D eigenvalue weighted by atomic mass is 9.80. The Bertz CT molecular complexity index is 2310. The number of hydrogen-bond acceptors (Lipinski definition) is 5. The summed E-state index contributed by atoms with van der Waals surface area (Å²) in [6.45, 7) is 5.60. The van der Waals surface area contributed by atoms with Gasteiger partial charge in [0.1, 0.15) is 0 Å². The van der Waals surface area contributed by atoms with Gasteiger partial charge in [0, 0.05) is 35.2 Å². The largest absolute Gasteiger partial charge is 0.416 e. The van der Waals surface area contributed by atoms with Crippen molar-refractivity contribution in [2.24, 2.45) is 11.8 Å². The van der Waals surface area contributed by atoms with Gasteiger partial charge in [-0.05, 0) is 131 Å². The molecule has 0 saturated heterocycles. The summed E-state index contributed by atoms with van der Waals surface area (Å²) in [7, 11) is 0. The SMILES string of the molecule is Cc1ccc(C(=O)N[C@@H]2CCCC[C@@H]2CC(=O)CNC(=O)c2cccc(C(F)(F)F)c2)cc1.Cc1ccc(CC[C@H]2CCCC[C@@H]2NC(=O)CNC(=O)c2cccc(C(F)(F)F)c2)c(C)c1. The van der Waals surface area contributed by atoms with Gasteiger partial charge in [0.25, 0.3) is 17.7 Å². The van der Waals surface area contributed by atoms with Gasteiger partial charge in [-0.3, -0.25) is 24.0 Å². The predicted molar refractivity (Wildman–Crippen MR) is 240 cm³/mol. The summed E-state index contributed by atoms with van der Waals surface area (Å²) in [5.41, 5.74) is 3.37. The predicted octanol–water partition coefficient (Wildman–Crippen LogP) is 10.1. The van der Waals surface area contributed by atoms with Gasteiger partial charge in [0.2, 0.25) is 5.91 Å². The van der Waals surface area contributed by atoms with Gasteiger partial charge < -0.3 is 21.3 Å². The van der Waals surface area contributed by atoms with Crippen LogP contribution in [0, 0.1) is 32.6 Å². The normalized spacial score (nSPS) is 18.5. The molecule has 15 heteroatoms. The molecule has 0 radical (unpaired) electrons. The molecule has 4 aromatic carbocycles. The van der Waals surface area contributed by atoms with Crippen molar-refractivity contribution in [3.63, 3.8) is 0 Å². The second-order valence-corrected chi connectivity index (χ2v) is 17.4. The summed E-state index contributed by atoms with van der Waals surface area (Å²) in [4.78, 5) is 62.0. The third-order valence-electron chi connectivity index (χ3n) is 12.3. The standard InChI is InChI=1S/C26H31F3N2O2.C25H27F3N2O3/c1-17-10-11-19(18(2)14-17)12-13-20-6-3-4-9-23(20)31-24(32)16-30-25(33)21-7-5-8-22(15-21)26(27,28)29;1-16-9-11-17(12-10-16)24(33)30-22-8-3-2-5-18(22)14-21(31)15-29-23(32)19-6-4-7-20(13-19)25(26,27)28/h5,7-8,10-11,14-15,20,23H,3-4,6,9,12-13,16H2,1-2H3,(H,30,33)(H,31,32);4,6-7,9-13,18,22H,2-3,5,8,14-15H2,1H3,(H,29,32)(H,30,33)/t20-,23+;18-,22-/m11/s1. The molecule has 0 unspecified atom stereocenters. The molecule has 354 valence electrons. The summed E-state index contributed by atoms with van der Waals surface area (Å²) in [5.74, 6) is -1.85. The van der Waals surface area contributed by atoms with Gasteiger partial charge in [-0.15, -0.1) is 0 Å². The molecule has 9 nitrogen and oxygen atoms in total. The maximum atomic E-state index is 12.9. The molecule has 4 N–H and O–H groups in total. The van der Waals surface area contributed by atoms with Crippen LogP contribution in [0.1, 0.15) is 129 Å². The first-order valence-electron chi connectivity index (χ1n) is 22.4. The molecule has 0 aromatic heterocycles. The van der Waals surface area contributed by atoms with E-state index < -0.39 is 35.3 Å². The topological polar surface area (TPSA) is 133 Å². The van der Waals surface area contributed by atoms with E-state index in [1.165, 1.54) is 34.9 Å². The van der Waals surface area contributed by atoms with E-state index in [1.807, 2.05) is 19.1 Å². The summed E-state index contributed by atoms with van der Waals surface area (Å²) >= 11 is 0. The maximum Gasteiger partial charge on any atom is 0.416 e. The zero-order valence-electron chi connectivity index (χ0n) is 37.5. The van der Waals surface area contributed by atoms with Crippen molar-refractivity contribution < 1.29 is 50.3 Å². The summed E-state index contributed by atoms with van der Waals surface area (Å²) in [6, 6.07) is 21.9. The number of amides is 4. The first kappa shape index (κ1) is 51.0. The molecule has 4 aromatic rings. The number of aryl methyl sites for hydroxylation is 4. The highest BCUT2D eigenvalue weighted by molar-refractivity contribution is 5.98. The molecule has 2 aliphatic carbocycles. The Morgan fingerprint density at radius 2 is 1.06 bits per heavy atom. The average Bonchev–Trinajstić information content (AvgIpc) is 3.28. The van der Waals surface area contributed by atoms with E-state index in [1.54, 1.807) is 12.1 Å². The number of nitrogens with one attached hydrogen (secondary N) is 4. The fraction of sp³-hybridized carbons (Fsp3) is 0.431. The number of benzene rings is 4. The number of Topliss-reactive ketones (excluding diaryl/α,β-unsaturated/α-hetero) is 1. The van der Waals surface area contributed by atoms with Crippen LogP contribution in [0.25, 0.3) is 0 Å². The lowest BCUT2D eigenvalue weighted by Crippen LogP contribution is -2.46. The first-order valence-corrected chi connectivity index (χ1v) is 22.4. The summed E-state index contributed by atoms with van der Waals surface area (Å²) in [5, 5.41) is 10.9. The quantitative estimate of drug-likeness (QED) is 0.0936. The molecule has 4 atom stereocenters. The van der Waals surface area contributed by atoms with Gasteiger partial charge in [-0.2, -0.15) is 26.3 Å². The minimum atomic E-state index is -4.55. The van der Waals surface area contributed by atoms with Gasteiger partial charge in [-0.1, -0.05) is 79.3 Å². The van der Waals surface area contributed by atoms with E-state index in [2.05, 4.69) is 53.3 Å². The van der Waals surface area contributed by atoms with E-state index in [4.69, 9.17) is 0 Å². The van der Waals surface area contributed by atoms with Crippen LogP contribution < -0.4 is 21.3 Å². The lowest BCUT2D eigenvalue weighted by Gasteiger charge is -2.32. The number of hydrogen-bond donors (Lipinski definition) is 4. The summed E-state index contributed by atoms with van der Waals surface area (Å²) < 4.78 is 77.1. The second-order valence-electron chi connectivity index (χ2n) is 17.4. The smallest absolute Gasteiger partial charge is 0.352 e. The number of carbonyl (C=O) groups is 5. The first-order chi connectivity index (χ1) is 31.3. The molecule has 2 saturated carbocycles. The molecule has 0 bridgehead atoms. The molecule has 0 heterocycles. The highest BCUT2D eigenvalue weighted by Crippen LogP contribution is 2.32. The van der Waals surface area contributed by atoms with Crippen molar-refractivity contribution in [1.82, 2.24) is 21.3 Å². The molecular weight excluding hydrogens is 863 g/mol. The van der Waals surface area contributed by atoms with Crippen LogP contribution in [0.2, 0.25) is 0 Å². The van der Waals surface area contributed by atoms with Gasteiger partial charge in [-0.25, -0.2) is 0 Å². The van der Waals surface area contributed by atoms with Crippen molar-refractivity contribution in [3.05, 3.63) is 141 Å². The molecule has 0 spiro atoms. The van der Waals surface area contributed by atoms with Crippen molar-refractivity contribution in [3.8, 4) is 0 Å². The van der Waals surface area contributed by atoms with Crippen LogP contribution in [-0.2, 0) is 28.4 Å². The van der Waals surface area contributed by atoms with Gasteiger partial charge >= 0.3 is 12.4 Å². The third kappa shape index (κ3) is 15.6. The Labute approximate surface area is 381 Å². The van der Waals surface area contributed by atoms with E-state index in [0.29, 0.717) is 11.5 Å². The molecular formula is C51H58F6N4O5. The Morgan fingerprint density at radius 1 is 0.545 bits per heavy atom. The summed E-state index contributed by atoms with van der Waals surface area (Å²) in [6.07, 6.45) is 0.614. The lowest BCUT2D eigenvalue weighted by molar-refractivity contribution is -0.138. The van der Waals surface area contributed by atoms with E-state index in [0.717, 1.165) is 100 Å². The number of rotatable bonds is 14. The van der Waals surface area contributed by atoms with Crippen LogP contribution in [0.4, 0.5) is 26.3 Å². The van der Waals surface area contributed by atoms with E-state index >= 15 is 0 Å². The highest BCUT2D eigenvalue weighted by Gasteiger charge is 2.33. The number of halogens is 6. The zero-order chi connectivity index (χ0) is 48.0. The Kier molecular flexibility index (Phi) is 18.1. The number of alkyl halides is 6. The van der Waals surface area contributed by atoms with Crippen LogP contribution in [-0.4, -0.2) is 54.6 Å². The molecule has 66 heavy (non-hydrogen) atoms. The second kappa shape index (κ2) is 23.5. The minimum Gasteiger partial charge on any atom is -0.352 e. The van der Waals surface area contributed by atoms with Crippen LogP contribution in [0.5, 0.6) is 0 Å². The fourth-order valence-electron chi connectivity index (χ4n) is 8.65. The third-order valence-corrected chi connectivity index (χ3v) is 12.3. The highest BCUT2D eigenvalue weighted by atomic mass is 19.4. The van der Waals surface area contributed by atoms with Crippen molar-refractivity contribution >= 4 is 29.4 Å². The molecule has 2 fully saturated rings. The van der Waals surface area contributed by atoms with Crippen molar-refractivity contribution in [1.29, 1.82) is 0 Å². The minimum absolute atomic E-state index is 0.0439. The van der Waals surface area contributed by atoms with Crippen molar-refractivity contribution in [2.45, 2.75) is 116 Å². The number of carbonyl (C=O) groups excluding carboxylic acids is 5. The monoisotopic (exact) mass is 920 g/mol. The van der Waals surface area contributed by atoms with Gasteiger partial charge in [0.15, 0.2) is 5.78 Å². The van der Waals surface area contributed by atoms with Crippen LogP contribution in [0.15, 0.2) is 91.0 Å². The van der Waals surface area contributed by atoms with Crippen molar-refractivity contribution in [2.75, 3.05) is 13.1 Å². The Balaban J connectivity index is 0.000000247. The average molecular weight is 921 g/mol. The molecule has 0 aliphatic heterocycles. The maximum absolute atomic E-state index is 12.9. The molecule has 4 amide bonds. The Morgan fingerprint density at radius 3 is 1.62 bits per heavy atom.